The third-order valence-electron chi connectivity index (χ3n) is 3.69. The highest BCUT2D eigenvalue weighted by atomic mass is 32.2. The maximum absolute atomic E-state index is 12.7. The first-order valence-corrected chi connectivity index (χ1v) is 8.91. The van der Waals surface area contributed by atoms with Crippen molar-refractivity contribution in [2.75, 3.05) is 32.8 Å². The zero-order valence-corrected chi connectivity index (χ0v) is 13.5. The van der Waals surface area contributed by atoms with E-state index in [1.165, 1.54) is 4.31 Å². The number of sulfonamides is 1. The summed E-state index contributed by atoms with van der Waals surface area (Å²) >= 11 is 0. The summed E-state index contributed by atoms with van der Waals surface area (Å²) in [6.45, 7) is 6.96. The van der Waals surface area contributed by atoms with Gasteiger partial charge < -0.3 is 10.1 Å². The highest BCUT2D eigenvalue weighted by Crippen LogP contribution is 2.21. The number of benzene rings is 1. The number of rotatable bonds is 5. The minimum absolute atomic E-state index is 0.137. The van der Waals surface area contributed by atoms with E-state index in [-0.39, 0.29) is 6.04 Å². The largest absolute Gasteiger partial charge is 0.380 e. The van der Waals surface area contributed by atoms with E-state index in [1.807, 2.05) is 26.0 Å². The van der Waals surface area contributed by atoms with Gasteiger partial charge in [0, 0.05) is 25.7 Å². The Kier molecular flexibility index (Phi) is 5.75. The molecule has 0 saturated carbocycles. The van der Waals surface area contributed by atoms with Crippen LogP contribution in [0.25, 0.3) is 0 Å². The van der Waals surface area contributed by atoms with Crippen molar-refractivity contribution in [2.45, 2.75) is 31.2 Å². The Morgan fingerprint density at radius 2 is 2.14 bits per heavy atom. The topological polar surface area (TPSA) is 58.6 Å². The third-order valence-corrected chi connectivity index (χ3v) is 5.58. The standard InChI is InChI=1S/C15H24N2O3S/c1-3-16-13(2)14-6-4-7-15(12-14)21(18,19)17-8-5-10-20-11-9-17/h4,6-7,12-13,16H,3,5,8-11H2,1-2H3. The molecule has 2 rings (SSSR count). The van der Waals surface area contributed by atoms with Gasteiger partial charge in [-0.15, -0.1) is 0 Å². The number of nitrogens with one attached hydrogen (secondary N) is 1. The number of ether oxygens (including phenoxy) is 1. The third kappa shape index (κ3) is 4.03. The molecule has 1 N–H and O–H groups in total. The molecule has 21 heavy (non-hydrogen) atoms. The first-order chi connectivity index (χ1) is 10.1. The molecule has 1 unspecified atom stereocenters. The van der Waals surface area contributed by atoms with E-state index in [0.29, 0.717) is 31.2 Å². The van der Waals surface area contributed by atoms with Crippen LogP contribution >= 0.6 is 0 Å². The molecule has 1 fully saturated rings. The molecule has 1 saturated heterocycles. The van der Waals surface area contributed by atoms with Gasteiger partial charge >= 0.3 is 0 Å². The molecule has 1 aromatic carbocycles. The molecule has 1 aliphatic heterocycles. The molecule has 0 bridgehead atoms. The zero-order chi connectivity index (χ0) is 15.3. The lowest BCUT2D eigenvalue weighted by atomic mass is 10.1. The molecule has 118 valence electrons. The van der Waals surface area contributed by atoms with Gasteiger partial charge in [-0.05, 0) is 37.6 Å². The average molecular weight is 312 g/mol. The summed E-state index contributed by atoms with van der Waals surface area (Å²) in [5, 5.41) is 3.30. The predicted molar refractivity (Wildman–Crippen MR) is 82.7 cm³/mol. The summed E-state index contributed by atoms with van der Waals surface area (Å²) in [4.78, 5) is 0.367. The molecule has 1 aromatic rings. The molecule has 0 amide bonds. The second-order valence-electron chi connectivity index (χ2n) is 5.22. The van der Waals surface area contributed by atoms with Gasteiger partial charge in [-0.3, -0.25) is 0 Å². The van der Waals surface area contributed by atoms with E-state index in [4.69, 9.17) is 4.74 Å². The van der Waals surface area contributed by atoms with E-state index < -0.39 is 10.0 Å². The Morgan fingerprint density at radius 3 is 2.90 bits per heavy atom. The van der Waals surface area contributed by atoms with Crippen LogP contribution < -0.4 is 5.32 Å². The van der Waals surface area contributed by atoms with Crippen LogP contribution in [-0.2, 0) is 14.8 Å². The van der Waals surface area contributed by atoms with Gasteiger partial charge in [0.25, 0.3) is 0 Å². The highest BCUT2D eigenvalue weighted by Gasteiger charge is 2.25. The van der Waals surface area contributed by atoms with Gasteiger partial charge in [-0.25, -0.2) is 8.42 Å². The van der Waals surface area contributed by atoms with Crippen LogP contribution in [0.1, 0.15) is 31.9 Å². The van der Waals surface area contributed by atoms with Crippen molar-refractivity contribution in [3.05, 3.63) is 29.8 Å². The average Bonchev–Trinajstić information content (AvgIpc) is 2.77. The number of hydrogen-bond acceptors (Lipinski definition) is 4. The monoisotopic (exact) mass is 312 g/mol. The van der Waals surface area contributed by atoms with Crippen LogP contribution in [0.5, 0.6) is 0 Å². The SMILES string of the molecule is CCNC(C)c1cccc(S(=O)(=O)N2CCCOCC2)c1. The molecule has 0 aromatic heterocycles. The summed E-state index contributed by atoms with van der Waals surface area (Å²) < 4.78 is 32.3. The quantitative estimate of drug-likeness (QED) is 0.900. The summed E-state index contributed by atoms with van der Waals surface area (Å²) in [6.07, 6.45) is 0.743. The zero-order valence-electron chi connectivity index (χ0n) is 12.7. The van der Waals surface area contributed by atoms with Crippen molar-refractivity contribution in [3.8, 4) is 0 Å². The van der Waals surface area contributed by atoms with E-state index in [1.54, 1.807) is 12.1 Å². The molecular weight excluding hydrogens is 288 g/mol. The lowest BCUT2D eigenvalue weighted by molar-refractivity contribution is 0.148. The van der Waals surface area contributed by atoms with Crippen molar-refractivity contribution in [1.29, 1.82) is 0 Å². The minimum Gasteiger partial charge on any atom is -0.380 e. The van der Waals surface area contributed by atoms with Crippen molar-refractivity contribution in [2.24, 2.45) is 0 Å². The Hall–Kier alpha value is -0.950. The molecule has 0 spiro atoms. The molecule has 0 aliphatic carbocycles. The lowest BCUT2D eigenvalue weighted by Crippen LogP contribution is -2.33. The molecule has 5 nitrogen and oxygen atoms in total. The Bertz CT molecular complexity index is 552. The van der Waals surface area contributed by atoms with E-state index in [2.05, 4.69) is 5.32 Å². The van der Waals surface area contributed by atoms with Crippen LogP contribution in [0.4, 0.5) is 0 Å². The fourth-order valence-corrected chi connectivity index (χ4v) is 4.00. The van der Waals surface area contributed by atoms with Crippen LogP contribution in [0.3, 0.4) is 0 Å². The van der Waals surface area contributed by atoms with Gasteiger partial charge in [-0.2, -0.15) is 4.31 Å². The van der Waals surface area contributed by atoms with Crippen LogP contribution in [-0.4, -0.2) is 45.6 Å². The smallest absolute Gasteiger partial charge is 0.243 e. The summed E-state index contributed by atoms with van der Waals surface area (Å²) in [6, 6.07) is 7.34. The number of nitrogens with zero attached hydrogens (tertiary/aromatic N) is 1. The fourth-order valence-electron chi connectivity index (χ4n) is 2.48. The van der Waals surface area contributed by atoms with Crippen molar-refractivity contribution >= 4 is 10.0 Å². The van der Waals surface area contributed by atoms with Gasteiger partial charge in [0.2, 0.25) is 10.0 Å². The molecule has 0 radical (unpaired) electrons. The van der Waals surface area contributed by atoms with Gasteiger partial charge in [0.15, 0.2) is 0 Å². The van der Waals surface area contributed by atoms with Gasteiger partial charge in [0.1, 0.15) is 0 Å². The minimum atomic E-state index is -3.43. The highest BCUT2D eigenvalue weighted by molar-refractivity contribution is 7.89. The first kappa shape index (κ1) is 16.4. The van der Waals surface area contributed by atoms with E-state index >= 15 is 0 Å². The molecule has 1 heterocycles. The van der Waals surface area contributed by atoms with Crippen molar-refractivity contribution < 1.29 is 13.2 Å². The van der Waals surface area contributed by atoms with Gasteiger partial charge in [-0.1, -0.05) is 19.1 Å². The Labute approximate surface area is 127 Å². The normalized spacial score (nSPS) is 19.1. The van der Waals surface area contributed by atoms with Gasteiger partial charge in [0.05, 0.1) is 11.5 Å². The van der Waals surface area contributed by atoms with E-state index in [9.17, 15) is 8.42 Å². The summed E-state index contributed by atoms with van der Waals surface area (Å²) in [7, 11) is -3.43. The van der Waals surface area contributed by atoms with E-state index in [0.717, 1.165) is 18.5 Å². The number of hydrogen-bond donors (Lipinski definition) is 1. The second-order valence-corrected chi connectivity index (χ2v) is 7.16. The second kappa shape index (κ2) is 7.35. The van der Waals surface area contributed by atoms with Crippen molar-refractivity contribution in [1.82, 2.24) is 9.62 Å². The summed E-state index contributed by atoms with van der Waals surface area (Å²) in [5.74, 6) is 0. The van der Waals surface area contributed by atoms with Crippen molar-refractivity contribution in [3.63, 3.8) is 0 Å². The maximum Gasteiger partial charge on any atom is 0.243 e. The lowest BCUT2D eigenvalue weighted by Gasteiger charge is -2.20. The van der Waals surface area contributed by atoms with Crippen LogP contribution in [0.2, 0.25) is 0 Å². The molecular formula is C15H24N2O3S. The Morgan fingerprint density at radius 1 is 1.33 bits per heavy atom. The maximum atomic E-state index is 12.7. The fraction of sp³-hybridized carbons (Fsp3) is 0.600. The molecule has 6 heteroatoms. The molecule has 1 aliphatic rings. The molecule has 1 atom stereocenters. The van der Waals surface area contributed by atoms with Crippen LogP contribution in [0.15, 0.2) is 29.2 Å². The van der Waals surface area contributed by atoms with Crippen LogP contribution in [0, 0.1) is 0 Å². The first-order valence-electron chi connectivity index (χ1n) is 7.47. The Balaban J connectivity index is 2.25. The summed E-state index contributed by atoms with van der Waals surface area (Å²) in [5.41, 5.74) is 0.990. The predicted octanol–water partition coefficient (Wildman–Crippen LogP) is 1.77.